The summed E-state index contributed by atoms with van der Waals surface area (Å²) in [4.78, 5) is 16.9. The van der Waals surface area contributed by atoms with Gasteiger partial charge in [0.2, 0.25) is 5.91 Å². The standard InChI is InChI=1S/C19H19ClN2O3S2/c1-13-8-9-15(20)18-17(13)22(2)19(26-18)21-16(23)10-11-27(24,25)12-14-6-4-3-5-7-14/h3-9H,10-12H2,1-2H3. The molecule has 27 heavy (non-hydrogen) atoms. The maximum absolute atomic E-state index is 12.2. The zero-order valence-electron chi connectivity index (χ0n) is 15.0. The Hall–Kier alpha value is -1.96. The van der Waals surface area contributed by atoms with Crippen molar-refractivity contribution in [3.8, 4) is 0 Å². The van der Waals surface area contributed by atoms with Crippen LogP contribution in [0.25, 0.3) is 10.2 Å². The highest BCUT2D eigenvalue weighted by molar-refractivity contribution is 7.90. The van der Waals surface area contributed by atoms with Gasteiger partial charge < -0.3 is 4.57 Å². The highest BCUT2D eigenvalue weighted by Crippen LogP contribution is 2.28. The van der Waals surface area contributed by atoms with E-state index in [0.717, 1.165) is 15.8 Å². The normalized spacial score (nSPS) is 12.6. The van der Waals surface area contributed by atoms with Crippen LogP contribution in [0.2, 0.25) is 5.02 Å². The van der Waals surface area contributed by atoms with Gasteiger partial charge in [0, 0.05) is 13.5 Å². The van der Waals surface area contributed by atoms with E-state index in [-0.39, 0.29) is 17.9 Å². The number of nitrogens with zero attached hydrogens (tertiary/aromatic N) is 2. The van der Waals surface area contributed by atoms with Gasteiger partial charge in [0.1, 0.15) is 0 Å². The molecular formula is C19H19ClN2O3S2. The van der Waals surface area contributed by atoms with Crippen molar-refractivity contribution in [1.82, 2.24) is 4.57 Å². The highest BCUT2D eigenvalue weighted by Gasteiger charge is 2.15. The van der Waals surface area contributed by atoms with Gasteiger partial charge in [-0.2, -0.15) is 4.99 Å². The van der Waals surface area contributed by atoms with E-state index in [2.05, 4.69) is 4.99 Å². The Bertz CT molecular complexity index is 1160. The number of carbonyl (C=O) groups excluding carboxylic acids is 1. The van der Waals surface area contributed by atoms with Crippen LogP contribution in [-0.2, 0) is 27.4 Å². The molecule has 0 atom stereocenters. The number of fused-ring (bicyclic) bond motifs is 1. The molecule has 0 unspecified atom stereocenters. The highest BCUT2D eigenvalue weighted by atomic mass is 35.5. The summed E-state index contributed by atoms with van der Waals surface area (Å²) in [6.45, 7) is 1.97. The monoisotopic (exact) mass is 422 g/mol. The second kappa shape index (κ2) is 7.96. The summed E-state index contributed by atoms with van der Waals surface area (Å²) < 4.78 is 27.2. The van der Waals surface area contributed by atoms with Crippen LogP contribution >= 0.6 is 22.9 Å². The molecule has 0 aliphatic heterocycles. The molecule has 3 aromatic rings. The average Bonchev–Trinajstić information content (AvgIpc) is 2.95. The molecule has 0 aliphatic rings. The molecule has 0 aliphatic carbocycles. The molecular weight excluding hydrogens is 404 g/mol. The molecule has 1 amide bonds. The van der Waals surface area contributed by atoms with Crippen LogP contribution in [0, 0.1) is 6.92 Å². The third-order valence-electron chi connectivity index (χ3n) is 4.18. The van der Waals surface area contributed by atoms with Gasteiger partial charge in [-0.1, -0.05) is 59.3 Å². The minimum atomic E-state index is -3.38. The predicted octanol–water partition coefficient (Wildman–Crippen LogP) is 3.63. The summed E-state index contributed by atoms with van der Waals surface area (Å²) in [5.74, 6) is -0.756. The first-order chi connectivity index (χ1) is 12.8. The number of halogens is 1. The predicted molar refractivity (Wildman–Crippen MR) is 110 cm³/mol. The second-order valence-electron chi connectivity index (χ2n) is 6.32. The number of thiazole rings is 1. The molecule has 5 nitrogen and oxygen atoms in total. The van der Waals surface area contributed by atoms with E-state index < -0.39 is 15.7 Å². The van der Waals surface area contributed by atoms with Gasteiger partial charge in [0.15, 0.2) is 14.6 Å². The maximum Gasteiger partial charge on any atom is 0.249 e. The Labute approximate surface area is 166 Å². The van der Waals surface area contributed by atoms with Crippen LogP contribution in [-0.4, -0.2) is 24.6 Å². The van der Waals surface area contributed by atoms with Crippen molar-refractivity contribution in [3.63, 3.8) is 0 Å². The Kier molecular flexibility index (Phi) is 5.83. The van der Waals surface area contributed by atoms with Gasteiger partial charge in [0.05, 0.1) is 26.7 Å². The quantitative estimate of drug-likeness (QED) is 0.630. The molecule has 0 radical (unpaired) electrons. The molecule has 0 fully saturated rings. The minimum absolute atomic E-state index is 0.0768. The molecule has 3 rings (SSSR count). The SMILES string of the molecule is Cc1ccc(Cl)c2sc(=NC(=O)CCS(=O)(=O)Cc3ccccc3)n(C)c12. The van der Waals surface area contributed by atoms with Crippen molar-refractivity contribution in [3.05, 3.63) is 63.4 Å². The number of amides is 1. The van der Waals surface area contributed by atoms with E-state index >= 15 is 0 Å². The van der Waals surface area contributed by atoms with Crippen LogP contribution in [0.15, 0.2) is 47.5 Å². The number of benzene rings is 2. The molecule has 8 heteroatoms. The van der Waals surface area contributed by atoms with E-state index in [4.69, 9.17) is 11.6 Å². The van der Waals surface area contributed by atoms with Crippen LogP contribution in [0.4, 0.5) is 0 Å². The fourth-order valence-corrected chi connectivity index (χ4v) is 5.53. The molecule has 0 N–H and O–H groups in total. The molecule has 0 spiro atoms. The van der Waals surface area contributed by atoms with Gasteiger partial charge in [-0.3, -0.25) is 4.79 Å². The number of sulfone groups is 1. The summed E-state index contributed by atoms with van der Waals surface area (Å²) in [6.07, 6.45) is -0.143. The van der Waals surface area contributed by atoms with Crippen molar-refractivity contribution < 1.29 is 13.2 Å². The fourth-order valence-electron chi connectivity index (χ4n) is 2.82. The second-order valence-corrected chi connectivity index (χ2v) is 9.89. The Morgan fingerprint density at radius 2 is 1.89 bits per heavy atom. The van der Waals surface area contributed by atoms with Gasteiger partial charge in [-0.25, -0.2) is 8.42 Å². The molecule has 142 valence electrons. The van der Waals surface area contributed by atoms with Gasteiger partial charge in [0.25, 0.3) is 0 Å². The van der Waals surface area contributed by atoms with E-state index in [1.807, 2.05) is 36.7 Å². The summed E-state index contributed by atoms with van der Waals surface area (Å²) in [5, 5.41) is 0.607. The molecule has 1 heterocycles. The van der Waals surface area contributed by atoms with Crippen molar-refractivity contribution in [2.45, 2.75) is 19.1 Å². The first-order valence-electron chi connectivity index (χ1n) is 8.33. The maximum atomic E-state index is 12.2. The number of aromatic nitrogens is 1. The Morgan fingerprint density at radius 3 is 2.56 bits per heavy atom. The van der Waals surface area contributed by atoms with Crippen LogP contribution < -0.4 is 4.80 Å². The lowest BCUT2D eigenvalue weighted by molar-refractivity contribution is -0.117. The molecule has 0 saturated heterocycles. The van der Waals surface area contributed by atoms with E-state index in [1.54, 1.807) is 24.3 Å². The van der Waals surface area contributed by atoms with Crippen LogP contribution in [0.5, 0.6) is 0 Å². The summed E-state index contributed by atoms with van der Waals surface area (Å²) in [5.41, 5.74) is 2.67. The van der Waals surface area contributed by atoms with E-state index in [9.17, 15) is 13.2 Å². The lowest BCUT2D eigenvalue weighted by Crippen LogP contribution is -2.16. The van der Waals surface area contributed by atoms with Gasteiger partial charge in [-0.05, 0) is 24.1 Å². The number of hydrogen-bond donors (Lipinski definition) is 0. The fraction of sp³-hybridized carbons (Fsp3) is 0.263. The van der Waals surface area contributed by atoms with Crippen molar-refractivity contribution >= 4 is 48.9 Å². The van der Waals surface area contributed by atoms with Crippen LogP contribution in [0.3, 0.4) is 0 Å². The lowest BCUT2D eigenvalue weighted by Gasteiger charge is -2.03. The number of rotatable bonds is 5. The zero-order valence-corrected chi connectivity index (χ0v) is 17.4. The number of aryl methyl sites for hydroxylation is 2. The Morgan fingerprint density at radius 1 is 1.19 bits per heavy atom. The minimum Gasteiger partial charge on any atom is -0.319 e. The third-order valence-corrected chi connectivity index (χ3v) is 7.37. The van der Waals surface area contributed by atoms with Crippen molar-refractivity contribution in [2.24, 2.45) is 12.0 Å². The van der Waals surface area contributed by atoms with E-state index in [0.29, 0.717) is 15.4 Å². The average molecular weight is 423 g/mol. The molecule has 0 saturated carbocycles. The largest absolute Gasteiger partial charge is 0.319 e. The van der Waals surface area contributed by atoms with Gasteiger partial charge in [-0.15, -0.1) is 0 Å². The third kappa shape index (κ3) is 4.66. The van der Waals surface area contributed by atoms with Crippen molar-refractivity contribution in [2.75, 3.05) is 5.75 Å². The molecule has 1 aromatic heterocycles. The van der Waals surface area contributed by atoms with Crippen LogP contribution in [0.1, 0.15) is 17.5 Å². The summed E-state index contributed by atoms with van der Waals surface area (Å²) >= 11 is 7.56. The number of carbonyl (C=O) groups is 1. The topological polar surface area (TPSA) is 68.5 Å². The van der Waals surface area contributed by atoms with E-state index in [1.165, 1.54) is 11.3 Å². The summed E-state index contributed by atoms with van der Waals surface area (Å²) in [6, 6.07) is 12.7. The summed E-state index contributed by atoms with van der Waals surface area (Å²) in [7, 11) is -1.56. The first-order valence-corrected chi connectivity index (χ1v) is 11.3. The van der Waals surface area contributed by atoms with Gasteiger partial charge >= 0.3 is 0 Å². The first kappa shape index (κ1) is 19.8. The smallest absolute Gasteiger partial charge is 0.249 e. The molecule has 2 aromatic carbocycles. The molecule has 0 bridgehead atoms. The van der Waals surface area contributed by atoms with Crippen molar-refractivity contribution in [1.29, 1.82) is 0 Å². The lowest BCUT2D eigenvalue weighted by atomic mass is 10.2. The number of hydrogen-bond acceptors (Lipinski definition) is 4. The Balaban J connectivity index is 1.78. The zero-order chi connectivity index (χ0) is 19.6.